The monoisotopic (exact) mass is 268 g/mol. The lowest BCUT2D eigenvalue weighted by molar-refractivity contribution is 0.0999. The molecule has 1 aromatic carbocycles. The quantitative estimate of drug-likeness (QED) is 0.904. The van der Waals surface area contributed by atoms with Crippen LogP contribution in [0.25, 0.3) is 10.9 Å². The number of pyridine rings is 1. The van der Waals surface area contributed by atoms with Gasteiger partial charge in [0.15, 0.2) is 0 Å². The lowest BCUT2D eigenvalue weighted by Gasteiger charge is -2.10. The summed E-state index contributed by atoms with van der Waals surface area (Å²) >= 11 is 5.69. The van der Waals surface area contributed by atoms with Gasteiger partial charge >= 0.3 is 0 Å². The second kappa shape index (κ2) is 4.42. The fourth-order valence-corrected chi connectivity index (χ4v) is 1.98. The lowest BCUT2D eigenvalue weighted by Crippen LogP contribution is -2.24. The van der Waals surface area contributed by atoms with Crippen LogP contribution < -0.4 is 11.2 Å². The van der Waals surface area contributed by atoms with Gasteiger partial charge in [0.25, 0.3) is 5.91 Å². The minimum absolute atomic E-state index is 0.0732. The standard InChI is InChI=1S/C12H10ClFN2O2/c1-2-16-5-7(12(15)18)11(17)6-3-9(14)8(13)4-10(6)16/h3-5H,2H2,1H3,(H2,15,18). The molecule has 4 nitrogen and oxygen atoms in total. The number of carbonyl (C=O) groups excluding carboxylic acids is 1. The maximum atomic E-state index is 13.4. The van der Waals surface area contributed by atoms with Crippen molar-refractivity contribution in [3.63, 3.8) is 0 Å². The Morgan fingerprint density at radius 3 is 2.72 bits per heavy atom. The van der Waals surface area contributed by atoms with Crippen LogP contribution in [-0.4, -0.2) is 10.5 Å². The number of halogens is 2. The molecule has 0 aliphatic rings. The minimum Gasteiger partial charge on any atom is -0.365 e. The van der Waals surface area contributed by atoms with E-state index in [-0.39, 0.29) is 16.0 Å². The molecule has 2 N–H and O–H groups in total. The van der Waals surface area contributed by atoms with E-state index in [2.05, 4.69) is 0 Å². The third-order valence-electron chi connectivity index (χ3n) is 2.73. The van der Waals surface area contributed by atoms with E-state index in [1.54, 1.807) is 4.57 Å². The van der Waals surface area contributed by atoms with E-state index in [1.165, 1.54) is 12.3 Å². The summed E-state index contributed by atoms with van der Waals surface area (Å²) in [4.78, 5) is 23.2. The fourth-order valence-electron chi connectivity index (χ4n) is 1.82. The average molecular weight is 269 g/mol. The number of carbonyl (C=O) groups is 1. The summed E-state index contributed by atoms with van der Waals surface area (Å²) in [7, 11) is 0. The third kappa shape index (κ3) is 1.86. The summed E-state index contributed by atoms with van der Waals surface area (Å²) in [5, 5.41) is 0.0194. The largest absolute Gasteiger partial charge is 0.365 e. The second-order valence-electron chi connectivity index (χ2n) is 3.81. The van der Waals surface area contributed by atoms with E-state index in [9.17, 15) is 14.0 Å². The van der Waals surface area contributed by atoms with Gasteiger partial charge in [0.05, 0.1) is 10.5 Å². The Balaban J connectivity index is 2.99. The minimum atomic E-state index is -0.834. The zero-order valence-electron chi connectivity index (χ0n) is 9.54. The van der Waals surface area contributed by atoms with Crippen molar-refractivity contribution in [2.75, 3.05) is 0 Å². The van der Waals surface area contributed by atoms with Gasteiger partial charge in [-0.2, -0.15) is 0 Å². The number of rotatable bonds is 2. The summed E-state index contributed by atoms with van der Waals surface area (Å²) in [6.45, 7) is 2.32. The number of nitrogens with two attached hydrogens (primary N) is 1. The predicted octanol–water partition coefficient (Wildman–Crippen LogP) is 1.91. The summed E-state index contributed by atoms with van der Waals surface area (Å²) in [5.41, 5.74) is 4.85. The maximum absolute atomic E-state index is 13.4. The molecule has 0 saturated heterocycles. The summed E-state index contributed by atoms with van der Waals surface area (Å²) in [6, 6.07) is 2.39. The molecule has 1 heterocycles. The molecule has 1 amide bonds. The first kappa shape index (κ1) is 12.6. The molecule has 18 heavy (non-hydrogen) atoms. The lowest BCUT2D eigenvalue weighted by atomic mass is 10.1. The average Bonchev–Trinajstić information content (AvgIpc) is 2.32. The van der Waals surface area contributed by atoms with Crippen LogP contribution in [0.1, 0.15) is 17.3 Å². The fraction of sp³-hybridized carbons (Fsp3) is 0.167. The highest BCUT2D eigenvalue weighted by molar-refractivity contribution is 6.31. The molecule has 1 aromatic heterocycles. The van der Waals surface area contributed by atoms with Crippen LogP contribution in [-0.2, 0) is 6.54 Å². The maximum Gasteiger partial charge on any atom is 0.254 e. The van der Waals surface area contributed by atoms with Crippen molar-refractivity contribution in [2.24, 2.45) is 5.73 Å². The Bertz CT molecular complexity index is 709. The van der Waals surface area contributed by atoms with Gasteiger partial charge in [0.2, 0.25) is 5.43 Å². The van der Waals surface area contributed by atoms with E-state index in [4.69, 9.17) is 17.3 Å². The van der Waals surface area contributed by atoms with Crippen molar-refractivity contribution >= 4 is 28.4 Å². The number of nitrogens with zero attached hydrogens (tertiary/aromatic N) is 1. The van der Waals surface area contributed by atoms with Crippen molar-refractivity contribution in [1.82, 2.24) is 4.57 Å². The van der Waals surface area contributed by atoms with Crippen LogP contribution in [0.15, 0.2) is 23.1 Å². The zero-order chi connectivity index (χ0) is 13.4. The first-order valence-electron chi connectivity index (χ1n) is 5.27. The second-order valence-corrected chi connectivity index (χ2v) is 4.21. The van der Waals surface area contributed by atoms with Gasteiger partial charge in [0.1, 0.15) is 11.4 Å². The summed E-state index contributed by atoms with van der Waals surface area (Å²) in [6.07, 6.45) is 1.36. The molecule has 0 saturated carbocycles. The van der Waals surface area contributed by atoms with Gasteiger partial charge in [-0.25, -0.2) is 4.39 Å². The van der Waals surface area contributed by atoms with Gasteiger partial charge in [0, 0.05) is 18.1 Å². The SMILES string of the molecule is CCn1cc(C(N)=O)c(=O)c2cc(F)c(Cl)cc21. The molecule has 0 unspecified atom stereocenters. The molecule has 0 atom stereocenters. The number of hydrogen-bond acceptors (Lipinski definition) is 2. The van der Waals surface area contributed by atoms with E-state index in [1.807, 2.05) is 6.92 Å². The van der Waals surface area contributed by atoms with Crippen LogP contribution in [0.5, 0.6) is 0 Å². The van der Waals surface area contributed by atoms with Crippen molar-refractivity contribution < 1.29 is 9.18 Å². The number of primary amides is 1. The number of amides is 1. The molecule has 0 spiro atoms. The molecule has 2 rings (SSSR count). The molecule has 0 fully saturated rings. The first-order chi connectivity index (χ1) is 8.45. The van der Waals surface area contributed by atoms with E-state index < -0.39 is 17.2 Å². The normalized spacial score (nSPS) is 10.8. The van der Waals surface area contributed by atoms with Crippen LogP contribution >= 0.6 is 11.6 Å². The van der Waals surface area contributed by atoms with Gasteiger partial charge in [-0.3, -0.25) is 9.59 Å². The Labute approximate surface area is 107 Å². The number of aromatic nitrogens is 1. The van der Waals surface area contributed by atoms with Crippen LogP contribution in [0, 0.1) is 5.82 Å². The van der Waals surface area contributed by atoms with Crippen LogP contribution in [0.2, 0.25) is 5.02 Å². The Morgan fingerprint density at radius 1 is 1.50 bits per heavy atom. The number of hydrogen-bond donors (Lipinski definition) is 1. The molecule has 0 radical (unpaired) electrons. The van der Waals surface area contributed by atoms with Gasteiger partial charge in [-0.1, -0.05) is 11.6 Å². The van der Waals surface area contributed by atoms with E-state index in [0.29, 0.717) is 12.1 Å². The Hall–Kier alpha value is -1.88. The number of aryl methyl sites for hydroxylation is 1. The molecule has 0 aliphatic heterocycles. The zero-order valence-corrected chi connectivity index (χ0v) is 10.3. The van der Waals surface area contributed by atoms with Crippen LogP contribution in [0.4, 0.5) is 4.39 Å². The summed E-state index contributed by atoms with van der Waals surface area (Å²) < 4.78 is 15.0. The van der Waals surface area contributed by atoms with Gasteiger partial charge in [-0.05, 0) is 19.1 Å². The number of fused-ring (bicyclic) bond motifs is 1. The molecular weight excluding hydrogens is 259 g/mol. The molecule has 2 aromatic rings. The van der Waals surface area contributed by atoms with Gasteiger partial charge < -0.3 is 10.3 Å². The molecule has 94 valence electrons. The first-order valence-corrected chi connectivity index (χ1v) is 5.65. The van der Waals surface area contributed by atoms with Crippen molar-refractivity contribution in [1.29, 1.82) is 0 Å². The summed E-state index contributed by atoms with van der Waals surface area (Å²) in [5.74, 6) is -1.54. The highest BCUT2D eigenvalue weighted by Gasteiger charge is 2.14. The van der Waals surface area contributed by atoms with Crippen LogP contribution in [0.3, 0.4) is 0 Å². The smallest absolute Gasteiger partial charge is 0.254 e. The highest BCUT2D eigenvalue weighted by Crippen LogP contribution is 2.21. The third-order valence-corrected chi connectivity index (χ3v) is 3.02. The van der Waals surface area contributed by atoms with E-state index in [0.717, 1.165) is 6.07 Å². The molecule has 0 aliphatic carbocycles. The molecule has 6 heteroatoms. The van der Waals surface area contributed by atoms with Crippen molar-refractivity contribution in [3.8, 4) is 0 Å². The Morgan fingerprint density at radius 2 is 2.17 bits per heavy atom. The van der Waals surface area contributed by atoms with E-state index >= 15 is 0 Å². The van der Waals surface area contributed by atoms with Gasteiger partial charge in [-0.15, -0.1) is 0 Å². The molecule has 0 bridgehead atoms. The van der Waals surface area contributed by atoms with Crippen molar-refractivity contribution in [2.45, 2.75) is 13.5 Å². The number of benzene rings is 1. The Kier molecular flexibility index (Phi) is 3.09. The molecular formula is C12H10ClFN2O2. The predicted molar refractivity (Wildman–Crippen MR) is 67.4 cm³/mol. The van der Waals surface area contributed by atoms with Crippen molar-refractivity contribution in [3.05, 3.63) is 45.0 Å². The highest BCUT2D eigenvalue weighted by atomic mass is 35.5. The topological polar surface area (TPSA) is 65.1 Å².